The number of aromatic nitrogens is 1. The van der Waals surface area contributed by atoms with Gasteiger partial charge in [-0.25, -0.2) is 4.79 Å². The van der Waals surface area contributed by atoms with Crippen LogP contribution in [0.5, 0.6) is 11.5 Å². The highest BCUT2D eigenvalue weighted by atomic mass is 35.5. The van der Waals surface area contributed by atoms with E-state index < -0.39 is 18.1 Å². The molecule has 0 bridgehead atoms. The molecule has 3 aromatic rings. The maximum atomic E-state index is 13.0. The zero-order valence-electron chi connectivity index (χ0n) is 16.9. The van der Waals surface area contributed by atoms with Crippen molar-refractivity contribution < 1.29 is 23.8 Å². The SMILES string of the molecule is CCOC(=O)[C@H]1Cc2c([nH]c3ccccc23)[C@H](c2ccc3c(c2)OCO3)N1C(=O)CCl. The zero-order chi connectivity index (χ0) is 21.5. The van der Waals surface area contributed by atoms with Crippen molar-refractivity contribution in [3.63, 3.8) is 0 Å². The molecule has 2 aromatic carbocycles. The number of hydrogen-bond acceptors (Lipinski definition) is 5. The number of carbonyl (C=O) groups excluding carboxylic acids is 2. The van der Waals surface area contributed by atoms with Crippen LogP contribution in [-0.2, 0) is 20.7 Å². The highest BCUT2D eigenvalue weighted by Crippen LogP contribution is 2.44. The minimum atomic E-state index is -0.784. The van der Waals surface area contributed by atoms with E-state index in [9.17, 15) is 9.59 Å². The Morgan fingerprint density at radius 2 is 2.00 bits per heavy atom. The minimum Gasteiger partial charge on any atom is -0.464 e. The van der Waals surface area contributed by atoms with Gasteiger partial charge in [-0.05, 0) is 36.2 Å². The molecule has 5 rings (SSSR count). The van der Waals surface area contributed by atoms with E-state index in [-0.39, 0.29) is 25.2 Å². The summed E-state index contributed by atoms with van der Waals surface area (Å²) >= 11 is 5.99. The second-order valence-electron chi connectivity index (χ2n) is 7.48. The molecule has 1 amide bonds. The van der Waals surface area contributed by atoms with Gasteiger partial charge in [-0.3, -0.25) is 4.79 Å². The van der Waals surface area contributed by atoms with Gasteiger partial charge in [0.05, 0.1) is 12.6 Å². The minimum absolute atomic E-state index is 0.150. The standard InChI is InChI=1S/C23H21ClN2O5/c1-2-29-23(28)17-10-15-14-5-3-4-6-16(14)25-21(15)22(26(17)20(27)11-24)13-7-8-18-19(9-13)31-12-30-18/h3-9,17,22,25H,2,10-12H2,1H3/t17-,22+/m1/s1. The van der Waals surface area contributed by atoms with Crippen molar-refractivity contribution in [2.24, 2.45) is 0 Å². The summed E-state index contributed by atoms with van der Waals surface area (Å²) in [6.07, 6.45) is 0.349. The van der Waals surface area contributed by atoms with Crippen molar-refractivity contribution in [1.29, 1.82) is 0 Å². The molecule has 2 aliphatic heterocycles. The summed E-state index contributed by atoms with van der Waals surface area (Å²) in [5.74, 6) is 0.224. The van der Waals surface area contributed by atoms with E-state index in [1.54, 1.807) is 11.8 Å². The molecule has 0 radical (unpaired) electrons. The Bertz CT molecular complexity index is 1170. The number of halogens is 1. The Labute approximate surface area is 183 Å². The van der Waals surface area contributed by atoms with Gasteiger partial charge in [0.1, 0.15) is 11.9 Å². The third-order valence-corrected chi connectivity index (χ3v) is 6.03. The fourth-order valence-corrected chi connectivity index (χ4v) is 4.66. The van der Waals surface area contributed by atoms with Crippen LogP contribution in [0.4, 0.5) is 0 Å². The lowest BCUT2D eigenvalue weighted by Gasteiger charge is -2.40. The monoisotopic (exact) mass is 440 g/mol. The van der Waals surface area contributed by atoms with Gasteiger partial charge in [-0.2, -0.15) is 0 Å². The normalized spacial score (nSPS) is 19.4. The van der Waals surface area contributed by atoms with E-state index in [0.29, 0.717) is 17.9 Å². The van der Waals surface area contributed by atoms with Gasteiger partial charge in [0.25, 0.3) is 0 Å². The molecule has 160 valence electrons. The lowest BCUT2D eigenvalue weighted by Crippen LogP contribution is -2.52. The van der Waals surface area contributed by atoms with Crippen LogP contribution in [0, 0.1) is 0 Å². The molecule has 0 saturated heterocycles. The zero-order valence-corrected chi connectivity index (χ0v) is 17.6. The van der Waals surface area contributed by atoms with Crippen molar-refractivity contribution in [2.45, 2.75) is 25.4 Å². The second-order valence-corrected chi connectivity index (χ2v) is 7.75. The maximum Gasteiger partial charge on any atom is 0.329 e. The molecule has 2 aliphatic rings. The first-order valence-corrected chi connectivity index (χ1v) is 10.7. The summed E-state index contributed by atoms with van der Waals surface area (Å²) in [6.45, 7) is 2.13. The highest BCUT2D eigenvalue weighted by molar-refractivity contribution is 6.27. The van der Waals surface area contributed by atoms with Crippen LogP contribution in [-0.4, -0.2) is 47.1 Å². The summed E-state index contributed by atoms with van der Waals surface area (Å²) in [5, 5.41) is 1.02. The van der Waals surface area contributed by atoms with E-state index in [1.165, 1.54) is 0 Å². The number of fused-ring (bicyclic) bond motifs is 4. The Kier molecular flexibility index (Phi) is 4.98. The summed E-state index contributed by atoms with van der Waals surface area (Å²) in [4.78, 5) is 31.0. The Hall–Kier alpha value is -3.19. The van der Waals surface area contributed by atoms with Gasteiger partial charge >= 0.3 is 5.97 Å². The average molecular weight is 441 g/mol. The summed E-state index contributed by atoms with van der Waals surface area (Å²) in [5.41, 5.74) is 3.60. The van der Waals surface area contributed by atoms with Crippen LogP contribution in [0.1, 0.15) is 29.8 Å². The first kappa shape index (κ1) is 19.8. The number of para-hydroxylation sites is 1. The molecule has 0 unspecified atom stereocenters. The summed E-state index contributed by atoms with van der Waals surface area (Å²) in [6, 6.07) is 12.1. The van der Waals surface area contributed by atoms with Crippen LogP contribution >= 0.6 is 11.6 Å². The van der Waals surface area contributed by atoms with Crippen LogP contribution in [0.15, 0.2) is 42.5 Å². The molecule has 8 heteroatoms. The van der Waals surface area contributed by atoms with Gasteiger partial charge in [0.2, 0.25) is 12.7 Å². The third-order valence-electron chi connectivity index (χ3n) is 5.80. The maximum absolute atomic E-state index is 13.0. The van der Waals surface area contributed by atoms with Crippen LogP contribution < -0.4 is 9.47 Å². The third kappa shape index (κ3) is 3.20. The molecule has 2 atom stereocenters. The predicted molar refractivity (Wildman–Crippen MR) is 114 cm³/mol. The summed E-state index contributed by atoms with van der Waals surface area (Å²) in [7, 11) is 0. The quantitative estimate of drug-likeness (QED) is 0.495. The Morgan fingerprint density at radius 1 is 1.19 bits per heavy atom. The number of H-pyrrole nitrogens is 1. The number of amides is 1. The Morgan fingerprint density at radius 3 is 2.81 bits per heavy atom. The van der Waals surface area contributed by atoms with Crippen molar-refractivity contribution >= 4 is 34.4 Å². The van der Waals surface area contributed by atoms with Gasteiger partial charge < -0.3 is 24.1 Å². The molecule has 7 nitrogen and oxygen atoms in total. The van der Waals surface area contributed by atoms with Gasteiger partial charge in [0, 0.05) is 23.0 Å². The Balaban J connectivity index is 1.73. The van der Waals surface area contributed by atoms with E-state index >= 15 is 0 Å². The highest BCUT2D eigenvalue weighted by Gasteiger charge is 2.44. The van der Waals surface area contributed by atoms with Crippen LogP contribution in [0.2, 0.25) is 0 Å². The second kappa shape index (κ2) is 7.81. The number of benzene rings is 2. The average Bonchev–Trinajstić information content (AvgIpc) is 3.41. The number of ether oxygens (including phenoxy) is 3. The number of carbonyl (C=O) groups is 2. The topological polar surface area (TPSA) is 80.9 Å². The van der Waals surface area contributed by atoms with Gasteiger partial charge in [-0.15, -0.1) is 11.6 Å². The van der Waals surface area contributed by atoms with Gasteiger partial charge in [-0.1, -0.05) is 24.3 Å². The molecule has 0 aliphatic carbocycles. The first-order chi connectivity index (χ1) is 15.1. The van der Waals surface area contributed by atoms with Gasteiger partial charge in [0.15, 0.2) is 11.5 Å². The lowest BCUT2D eigenvalue weighted by molar-refractivity contribution is -0.156. The number of hydrogen-bond donors (Lipinski definition) is 1. The molecule has 0 saturated carbocycles. The van der Waals surface area contributed by atoms with Crippen LogP contribution in [0.3, 0.4) is 0 Å². The van der Waals surface area contributed by atoms with Crippen molar-refractivity contribution in [1.82, 2.24) is 9.88 Å². The molecule has 0 spiro atoms. The largest absolute Gasteiger partial charge is 0.464 e. The first-order valence-electron chi connectivity index (χ1n) is 10.1. The van der Waals surface area contributed by atoms with Crippen LogP contribution in [0.25, 0.3) is 10.9 Å². The number of esters is 1. The summed E-state index contributed by atoms with van der Waals surface area (Å²) < 4.78 is 16.3. The number of rotatable bonds is 4. The van der Waals surface area contributed by atoms with Crippen molar-refractivity contribution in [3.05, 3.63) is 59.3 Å². The number of nitrogens with zero attached hydrogens (tertiary/aromatic N) is 1. The number of alkyl halides is 1. The van der Waals surface area contributed by atoms with E-state index in [2.05, 4.69) is 4.98 Å². The molecular weight excluding hydrogens is 420 g/mol. The molecule has 31 heavy (non-hydrogen) atoms. The fourth-order valence-electron chi connectivity index (χ4n) is 4.52. The molecule has 1 aromatic heterocycles. The van der Waals surface area contributed by atoms with E-state index in [4.69, 9.17) is 25.8 Å². The lowest BCUT2D eigenvalue weighted by atomic mass is 9.87. The number of aromatic amines is 1. The molecule has 3 heterocycles. The fraction of sp³-hybridized carbons (Fsp3) is 0.304. The van der Waals surface area contributed by atoms with E-state index in [1.807, 2.05) is 42.5 Å². The predicted octanol–water partition coefficient (Wildman–Crippen LogP) is 3.54. The van der Waals surface area contributed by atoms with E-state index in [0.717, 1.165) is 27.7 Å². The smallest absolute Gasteiger partial charge is 0.329 e. The van der Waals surface area contributed by atoms with Crippen molar-refractivity contribution in [2.75, 3.05) is 19.3 Å². The molecule has 0 fully saturated rings. The van der Waals surface area contributed by atoms with Crippen molar-refractivity contribution in [3.8, 4) is 11.5 Å². The number of nitrogens with one attached hydrogen (secondary N) is 1. The molecular formula is C23H21ClN2O5. The molecule has 1 N–H and O–H groups in total.